The normalized spacial score (nSPS) is 16.4. The van der Waals surface area contributed by atoms with E-state index in [-0.39, 0.29) is 0 Å². The summed E-state index contributed by atoms with van der Waals surface area (Å²) < 4.78 is 0. The van der Waals surface area contributed by atoms with Crippen LogP contribution in [0.15, 0.2) is 73.1 Å². The van der Waals surface area contributed by atoms with Crippen molar-refractivity contribution >= 4 is 11.6 Å². The van der Waals surface area contributed by atoms with Gasteiger partial charge in [-0.15, -0.1) is 0 Å². The van der Waals surface area contributed by atoms with E-state index in [1.807, 2.05) is 24.5 Å². The number of hydrogen-bond donors (Lipinski definition) is 2. The molecule has 2 fully saturated rings. The van der Waals surface area contributed by atoms with Gasteiger partial charge in [0.1, 0.15) is 17.7 Å². The van der Waals surface area contributed by atoms with Crippen LogP contribution in [0.25, 0.3) is 22.5 Å². The highest BCUT2D eigenvalue weighted by Crippen LogP contribution is 2.30. The van der Waals surface area contributed by atoms with Crippen molar-refractivity contribution in [1.82, 2.24) is 25.2 Å². The Hall–Kier alpha value is -4.19. The number of rotatable bonds is 6. The molecule has 4 aromatic rings. The van der Waals surface area contributed by atoms with Gasteiger partial charge in [0.05, 0.1) is 11.3 Å². The maximum Gasteiger partial charge on any atom is 0.128 e. The van der Waals surface area contributed by atoms with Crippen molar-refractivity contribution in [3.63, 3.8) is 0 Å². The van der Waals surface area contributed by atoms with Crippen molar-refractivity contribution in [2.45, 2.75) is 6.54 Å². The van der Waals surface area contributed by atoms with Gasteiger partial charge in [0, 0.05) is 88.1 Å². The first kappa shape index (κ1) is 24.2. The molecule has 2 saturated heterocycles. The van der Waals surface area contributed by atoms with Crippen LogP contribution in [0.5, 0.6) is 0 Å². The van der Waals surface area contributed by atoms with Crippen LogP contribution in [-0.4, -0.2) is 72.2 Å². The van der Waals surface area contributed by atoms with Gasteiger partial charge in [0.2, 0.25) is 0 Å². The first-order valence-corrected chi connectivity index (χ1v) is 13.3. The average molecular weight is 505 g/mol. The maximum absolute atomic E-state index is 9.72. The molecule has 8 nitrogen and oxygen atoms in total. The molecule has 0 amide bonds. The second kappa shape index (κ2) is 11.1. The van der Waals surface area contributed by atoms with Crippen LogP contribution in [0, 0.1) is 11.3 Å². The van der Waals surface area contributed by atoms with E-state index >= 15 is 0 Å². The number of nitrogens with one attached hydrogen (secondary N) is 2. The number of hydrogen-bond acceptors (Lipinski definition) is 7. The van der Waals surface area contributed by atoms with Crippen LogP contribution in [0.4, 0.5) is 11.6 Å². The molecule has 8 heteroatoms. The van der Waals surface area contributed by atoms with Crippen LogP contribution in [0.3, 0.4) is 0 Å². The highest BCUT2D eigenvalue weighted by Gasteiger charge is 2.20. The lowest BCUT2D eigenvalue weighted by molar-refractivity contribution is 0.249. The Morgan fingerprint density at radius 1 is 0.816 bits per heavy atom. The lowest BCUT2D eigenvalue weighted by Gasteiger charge is -2.35. The van der Waals surface area contributed by atoms with Crippen LogP contribution in [0.1, 0.15) is 11.1 Å². The summed E-state index contributed by atoms with van der Waals surface area (Å²) in [6.45, 7) is 8.60. The van der Waals surface area contributed by atoms with E-state index in [1.54, 1.807) is 0 Å². The molecule has 0 saturated carbocycles. The summed E-state index contributed by atoms with van der Waals surface area (Å²) in [6, 6.07) is 23.2. The number of piperazine rings is 2. The fraction of sp³-hybridized carbons (Fsp3) is 0.300. The summed E-state index contributed by atoms with van der Waals surface area (Å²) >= 11 is 0. The van der Waals surface area contributed by atoms with E-state index in [4.69, 9.17) is 4.98 Å². The van der Waals surface area contributed by atoms with Crippen molar-refractivity contribution in [3.8, 4) is 28.6 Å². The average Bonchev–Trinajstić information content (AvgIpc) is 3.44. The van der Waals surface area contributed by atoms with Gasteiger partial charge in [-0.1, -0.05) is 30.3 Å². The summed E-state index contributed by atoms with van der Waals surface area (Å²) in [5.41, 5.74) is 5.82. The van der Waals surface area contributed by atoms with E-state index in [1.165, 1.54) is 5.56 Å². The number of nitriles is 1. The highest BCUT2D eigenvalue weighted by molar-refractivity contribution is 5.73. The van der Waals surface area contributed by atoms with Crippen LogP contribution in [-0.2, 0) is 6.54 Å². The van der Waals surface area contributed by atoms with Crippen LogP contribution < -0.4 is 15.1 Å². The molecule has 5 heterocycles. The molecule has 3 aromatic heterocycles. The zero-order valence-electron chi connectivity index (χ0n) is 21.5. The van der Waals surface area contributed by atoms with Gasteiger partial charge in [-0.05, 0) is 35.9 Å². The molecule has 0 aliphatic carbocycles. The molecule has 0 unspecified atom stereocenters. The molecule has 38 heavy (non-hydrogen) atoms. The van der Waals surface area contributed by atoms with Gasteiger partial charge in [-0.2, -0.15) is 5.26 Å². The summed E-state index contributed by atoms with van der Waals surface area (Å²) in [7, 11) is 0. The maximum atomic E-state index is 9.72. The Labute approximate surface area is 223 Å². The molecule has 0 atom stereocenters. The molecule has 0 radical (unpaired) electrons. The molecular weight excluding hydrogens is 472 g/mol. The number of aromatic amines is 1. The summed E-state index contributed by atoms with van der Waals surface area (Å²) in [5, 5.41) is 13.1. The number of aromatic nitrogens is 3. The molecule has 6 rings (SSSR count). The van der Waals surface area contributed by atoms with Gasteiger partial charge in [-0.25, -0.2) is 4.98 Å². The summed E-state index contributed by atoms with van der Waals surface area (Å²) in [4.78, 5) is 20.0. The van der Waals surface area contributed by atoms with Crippen molar-refractivity contribution in [2.24, 2.45) is 0 Å². The highest BCUT2D eigenvalue weighted by atomic mass is 15.3. The Kier molecular flexibility index (Phi) is 7.03. The minimum absolute atomic E-state index is 0.676. The Balaban J connectivity index is 1.13. The van der Waals surface area contributed by atoms with Gasteiger partial charge in [-0.3, -0.25) is 9.88 Å². The quantitative estimate of drug-likeness (QED) is 0.414. The smallest absolute Gasteiger partial charge is 0.128 e. The molecule has 2 N–H and O–H groups in total. The standard InChI is InChI=1S/C30H32N8/c31-20-26-19-28(35-30(26)38-12-10-32-11-13-38)24-8-9-33-27(18-24)25-6-7-29(34-21-25)37-16-14-36(15-17-37)22-23-4-2-1-3-5-23/h1-9,18-19,21,32,35H,10-17,22H2. The molecule has 0 spiro atoms. The van der Waals surface area contributed by atoms with E-state index in [0.717, 1.165) is 93.1 Å². The van der Waals surface area contributed by atoms with Crippen molar-refractivity contribution < 1.29 is 0 Å². The lowest BCUT2D eigenvalue weighted by Crippen LogP contribution is -2.46. The largest absolute Gasteiger partial charge is 0.355 e. The number of anilines is 2. The zero-order valence-corrected chi connectivity index (χ0v) is 21.5. The third kappa shape index (κ3) is 5.25. The molecule has 0 bridgehead atoms. The minimum Gasteiger partial charge on any atom is -0.355 e. The summed E-state index contributed by atoms with van der Waals surface area (Å²) in [6.07, 6.45) is 3.74. The van der Waals surface area contributed by atoms with Crippen molar-refractivity contribution in [2.75, 3.05) is 62.2 Å². The fourth-order valence-corrected chi connectivity index (χ4v) is 5.28. The predicted octanol–water partition coefficient (Wildman–Crippen LogP) is 3.74. The Bertz CT molecular complexity index is 1390. The molecule has 192 valence electrons. The zero-order chi connectivity index (χ0) is 25.7. The third-order valence-electron chi connectivity index (χ3n) is 7.41. The van der Waals surface area contributed by atoms with Gasteiger partial charge in [0.15, 0.2) is 0 Å². The molecular formula is C30H32N8. The van der Waals surface area contributed by atoms with E-state index < -0.39 is 0 Å². The number of benzene rings is 1. The number of H-pyrrole nitrogens is 1. The Morgan fingerprint density at radius 3 is 2.37 bits per heavy atom. The Morgan fingerprint density at radius 2 is 1.63 bits per heavy atom. The molecule has 2 aliphatic heterocycles. The number of pyridine rings is 2. The lowest BCUT2D eigenvalue weighted by atomic mass is 10.1. The fourth-order valence-electron chi connectivity index (χ4n) is 5.28. The van der Waals surface area contributed by atoms with E-state index in [9.17, 15) is 5.26 Å². The monoisotopic (exact) mass is 504 g/mol. The predicted molar refractivity (Wildman–Crippen MR) is 151 cm³/mol. The van der Waals surface area contributed by atoms with E-state index in [0.29, 0.717) is 5.56 Å². The van der Waals surface area contributed by atoms with Crippen molar-refractivity contribution in [1.29, 1.82) is 5.26 Å². The van der Waals surface area contributed by atoms with Crippen LogP contribution in [0.2, 0.25) is 0 Å². The third-order valence-corrected chi connectivity index (χ3v) is 7.41. The molecule has 2 aliphatic rings. The number of nitrogens with zero attached hydrogens (tertiary/aromatic N) is 6. The van der Waals surface area contributed by atoms with Gasteiger partial charge < -0.3 is 20.1 Å². The second-order valence-corrected chi connectivity index (χ2v) is 9.88. The topological polar surface area (TPSA) is 87.1 Å². The SMILES string of the molecule is N#Cc1cc(-c2ccnc(-c3ccc(N4CCN(Cc5ccccc5)CC4)nc3)c2)[nH]c1N1CCNCC1. The van der Waals surface area contributed by atoms with Crippen molar-refractivity contribution in [3.05, 3.63) is 84.2 Å². The minimum atomic E-state index is 0.676. The first-order valence-electron chi connectivity index (χ1n) is 13.3. The van der Waals surface area contributed by atoms with Gasteiger partial charge in [0.25, 0.3) is 0 Å². The summed E-state index contributed by atoms with van der Waals surface area (Å²) in [5.74, 6) is 1.91. The second-order valence-electron chi connectivity index (χ2n) is 9.88. The van der Waals surface area contributed by atoms with E-state index in [2.05, 4.69) is 84.6 Å². The van der Waals surface area contributed by atoms with Crippen LogP contribution >= 0.6 is 0 Å². The first-order chi connectivity index (χ1) is 18.8. The van der Waals surface area contributed by atoms with Gasteiger partial charge >= 0.3 is 0 Å². The molecule has 1 aromatic carbocycles.